The number of nitrogen functional groups attached to an aromatic ring is 1. The summed E-state index contributed by atoms with van der Waals surface area (Å²) in [4.78, 5) is 17.1. The molecule has 18 heavy (non-hydrogen) atoms. The number of imidazole rings is 1. The Labute approximate surface area is 102 Å². The van der Waals surface area contributed by atoms with Gasteiger partial charge in [0.25, 0.3) is 0 Å². The highest BCUT2D eigenvalue weighted by molar-refractivity contribution is 5.77. The fraction of sp³-hybridized carbons (Fsp3) is 0.444. The molecule has 0 aliphatic heterocycles. The Morgan fingerprint density at radius 2 is 2.28 bits per heavy atom. The Bertz CT molecular complexity index is 543. The zero-order valence-corrected chi connectivity index (χ0v) is 9.65. The SMILES string of the molecule is COc1nc(N)nc2c1ncn2OCC(O)CO. The molecule has 9 nitrogen and oxygen atoms in total. The minimum absolute atomic E-state index is 0.0207. The van der Waals surface area contributed by atoms with Crippen LogP contribution >= 0.6 is 0 Å². The quantitative estimate of drug-likeness (QED) is 0.570. The van der Waals surface area contributed by atoms with Gasteiger partial charge in [-0.3, -0.25) is 0 Å². The van der Waals surface area contributed by atoms with Gasteiger partial charge in [-0.15, -0.1) is 0 Å². The van der Waals surface area contributed by atoms with Crippen LogP contribution in [0.3, 0.4) is 0 Å². The van der Waals surface area contributed by atoms with E-state index in [9.17, 15) is 5.11 Å². The van der Waals surface area contributed by atoms with E-state index < -0.39 is 12.7 Å². The standard InChI is InChI=1S/C9H13N5O4/c1-17-8-6-7(12-9(10)13-8)14(4-11-6)18-3-5(16)2-15/h4-5,15-16H,2-3H2,1H3,(H2,10,12,13). The number of hydrogen-bond acceptors (Lipinski definition) is 8. The van der Waals surface area contributed by atoms with Crippen LogP contribution < -0.4 is 15.3 Å². The van der Waals surface area contributed by atoms with Crippen LogP contribution in [0.4, 0.5) is 5.95 Å². The molecule has 9 heteroatoms. The maximum atomic E-state index is 9.19. The van der Waals surface area contributed by atoms with Gasteiger partial charge in [-0.2, -0.15) is 14.7 Å². The van der Waals surface area contributed by atoms with Gasteiger partial charge in [0.2, 0.25) is 17.5 Å². The summed E-state index contributed by atoms with van der Waals surface area (Å²) in [6, 6.07) is 0. The van der Waals surface area contributed by atoms with Crippen molar-refractivity contribution in [3.05, 3.63) is 6.33 Å². The predicted molar refractivity (Wildman–Crippen MR) is 60.8 cm³/mol. The smallest absolute Gasteiger partial charge is 0.247 e. The Balaban J connectivity index is 2.32. The van der Waals surface area contributed by atoms with Crippen LogP contribution in [-0.4, -0.2) is 56.3 Å². The molecular formula is C9H13N5O4. The molecule has 2 rings (SSSR count). The molecule has 4 N–H and O–H groups in total. The van der Waals surface area contributed by atoms with Crippen molar-refractivity contribution >= 4 is 17.1 Å². The summed E-state index contributed by atoms with van der Waals surface area (Å²) < 4.78 is 6.25. The number of nitrogens with two attached hydrogens (primary N) is 1. The topological polar surface area (TPSA) is 129 Å². The number of methoxy groups -OCH3 is 1. The average Bonchev–Trinajstić information content (AvgIpc) is 2.77. The number of rotatable bonds is 5. The summed E-state index contributed by atoms with van der Waals surface area (Å²) in [5.41, 5.74) is 6.24. The minimum atomic E-state index is -0.983. The fourth-order valence-corrected chi connectivity index (χ4v) is 1.33. The number of aromatic nitrogens is 4. The van der Waals surface area contributed by atoms with E-state index in [1.165, 1.54) is 18.2 Å². The Morgan fingerprint density at radius 1 is 1.50 bits per heavy atom. The van der Waals surface area contributed by atoms with Crippen LogP contribution in [0.5, 0.6) is 5.88 Å². The zero-order chi connectivity index (χ0) is 13.1. The lowest BCUT2D eigenvalue weighted by Gasteiger charge is -2.10. The summed E-state index contributed by atoms with van der Waals surface area (Å²) in [5.74, 6) is 0.259. The van der Waals surface area contributed by atoms with Gasteiger partial charge in [0, 0.05) is 0 Å². The maximum Gasteiger partial charge on any atom is 0.247 e. The summed E-state index contributed by atoms with van der Waals surface area (Å²) in [6.07, 6.45) is 0.370. The third-order valence-electron chi connectivity index (χ3n) is 2.16. The molecule has 0 radical (unpaired) electrons. The lowest BCUT2D eigenvalue weighted by Crippen LogP contribution is -2.26. The third-order valence-corrected chi connectivity index (χ3v) is 2.16. The predicted octanol–water partition coefficient (Wildman–Crippen LogP) is -1.80. The van der Waals surface area contributed by atoms with Crippen molar-refractivity contribution < 1.29 is 19.8 Å². The second-order valence-corrected chi connectivity index (χ2v) is 3.47. The van der Waals surface area contributed by atoms with Gasteiger partial charge in [-0.05, 0) is 0 Å². The molecule has 0 aliphatic rings. The molecule has 0 fully saturated rings. The van der Waals surface area contributed by atoms with Crippen LogP contribution in [-0.2, 0) is 0 Å². The van der Waals surface area contributed by atoms with E-state index in [0.29, 0.717) is 11.2 Å². The van der Waals surface area contributed by atoms with E-state index in [4.69, 9.17) is 20.4 Å². The monoisotopic (exact) mass is 255 g/mol. The Hall–Kier alpha value is -2.13. The first-order valence-electron chi connectivity index (χ1n) is 5.12. The second kappa shape index (κ2) is 5.02. The molecule has 0 amide bonds. The highest BCUT2D eigenvalue weighted by Crippen LogP contribution is 2.20. The molecule has 0 saturated heterocycles. The number of nitrogens with zero attached hydrogens (tertiary/aromatic N) is 4. The molecule has 0 spiro atoms. The third kappa shape index (κ3) is 2.26. The van der Waals surface area contributed by atoms with E-state index in [0.717, 1.165) is 0 Å². The van der Waals surface area contributed by atoms with Gasteiger partial charge >= 0.3 is 0 Å². The first-order chi connectivity index (χ1) is 8.65. The molecule has 0 bridgehead atoms. The van der Waals surface area contributed by atoms with Crippen LogP contribution in [0.1, 0.15) is 0 Å². The maximum absolute atomic E-state index is 9.19. The van der Waals surface area contributed by atoms with E-state index in [-0.39, 0.29) is 18.4 Å². The van der Waals surface area contributed by atoms with Crippen LogP contribution in [0.25, 0.3) is 11.2 Å². The van der Waals surface area contributed by atoms with E-state index in [2.05, 4.69) is 15.0 Å². The molecule has 0 aliphatic carbocycles. The molecule has 0 saturated carbocycles. The highest BCUT2D eigenvalue weighted by atomic mass is 16.7. The van der Waals surface area contributed by atoms with Gasteiger partial charge in [-0.1, -0.05) is 0 Å². The summed E-state index contributed by atoms with van der Waals surface area (Å²) in [6.45, 7) is -0.499. The Morgan fingerprint density at radius 3 is 2.94 bits per heavy atom. The van der Waals surface area contributed by atoms with E-state index >= 15 is 0 Å². The van der Waals surface area contributed by atoms with E-state index in [1.807, 2.05) is 0 Å². The molecule has 2 aromatic rings. The number of ether oxygens (including phenoxy) is 1. The van der Waals surface area contributed by atoms with Crippen molar-refractivity contribution in [3.8, 4) is 5.88 Å². The summed E-state index contributed by atoms with van der Waals surface area (Å²) in [7, 11) is 1.44. The van der Waals surface area contributed by atoms with Gasteiger partial charge in [0.1, 0.15) is 19.0 Å². The Kier molecular flexibility index (Phi) is 3.44. The van der Waals surface area contributed by atoms with Gasteiger partial charge < -0.3 is 25.5 Å². The number of hydrogen-bond donors (Lipinski definition) is 3. The van der Waals surface area contributed by atoms with Crippen LogP contribution in [0.15, 0.2) is 6.33 Å². The van der Waals surface area contributed by atoms with Gasteiger partial charge in [0.05, 0.1) is 13.7 Å². The second-order valence-electron chi connectivity index (χ2n) is 3.47. The van der Waals surface area contributed by atoms with Crippen LogP contribution in [0.2, 0.25) is 0 Å². The first-order valence-corrected chi connectivity index (χ1v) is 5.12. The van der Waals surface area contributed by atoms with Crippen LogP contribution in [0, 0.1) is 0 Å². The number of aliphatic hydroxyl groups is 2. The van der Waals surface area contributed by atoms with Gasteiger partial charge in [-0.25, -0.2) is 4.98 Å². The molecular weight excluding hydrogens is 242 g/mol. The lowest BCUT2D eigenvalue weighted by molar-refractivity contribution is 0.00239. The number of fused-ring (bicyclic) bond motifs is 1. The minimum Gasteiger partial charge on any atom is -0.479 e. The molecule has 0 aromatic carbocycles. The number of anilines is 1. The summed E-state index contributed by atoms with van der Waals surface area (Å²) >= 11 is 0. The van der Waals surface area contributed by atoms with Crippen molar-refractivity contribution in [2.24, 2.45) is 0 Å². The summed E-state index contributed by atoms with van der Waals surface area (Å²) in [5, 5.41) is 17.9. The van der Waals surface area contributed by atoms with Crippen molar-refractivity contribution in [1.82, 2.24) is 19.7 Å². The van der Waals surface area contributed by atoms with Crippen molar-refractivity contribution in [3.63, 3.8) is 0 Å². The molecule has 2 heterocycles. The number of aliphatic hydroxyl groups excluding tert-OH is 2. The van der Waals surface area contributed by atoms with Crippen molar-refractivity contribution in [1.29, 1.82) is 0 Å². The largest absolute Gasteiger partial charge is 0.479 e. The van der Waals surface area contributed by atoms with E-state index in [1.54, 1.807) is 0 Å². The lowest BCUT2D eigenvalue weighted by atomic mass is 10.4. The highest BCUT2D eigenvalue weighted by Gasteiger charge is 2.14. The molecule has 1 atom stereocenters. The van der Waals surface area contributed by atoms with Gasteiger partial charge in [0.15, 0.2) is 5.52 Å². The van der Waals surface area contributed by atoms with Crippen molar-refractivity contribution in [2.45, 2.75) is 6.10 Å². The normalized spacial score (nSPS) is 12.6. The average molecular weight is 255 g/mol. The molecule has 1 unspecified atom stereocenters. The fourth-order valence-electron chi connectivity index (χ4n) is 1.33. The molecule has 98 valence electrons. The zero-order valence-electron chi connectivity index (χ0n) is 9.65. The first kappa shape index (κ1) is 12.3. The molecule has 2 aromatic heterocycles. The van der Waals surface area contributed by atoms with Crippen molar-refractivity contribution in [2.75, 3.05) is 26.1 Å².